The molecule has 198 valence electrons. The maximum absolute atomic E-state index is 12.8. The Kier molecular flexibility index (Phi) is 7.70. The first-order valence-corrected chi connectivity index (χ1v) is 11.0. The predicted molar refractivity (Wildman–Crippen MR) is 126 cm³/mol. The smallest absolute Gasteiger partial charge is 0.477 e. The molecule has 1 aromatic heterocycles. The summed E-state index contributed by atoms with van der Waals surface area (Å²) in [5.74, 6) is -2.47. The number of amides is 1. The van der Waals surface area contributed by atoms with Gasteiger partial charge in [-0.05, 0) is 56.7 Å². The van der Waals surface area contributed by atoms with E-state index in [1.54, 1.807) is 32.9 Å². The Morgan fingerprint density at radius 1 is 1.05 bits per heavy atom. The summed E-state index contributed by atoms with van der Waals surface area (Å²) in [4.78, 5) is 36.5. The van der Waals surface area contributed by atoms with Gasteiger partial charge in [-0.15, -0.1) is 13.2 Å². The van der Waals surface area contributed by atoms with Gasteiger partial charge in [0.2, 0.25) is 0 Å². The van der Waals surface area contributed by atoms with E-state index < -0.39 is 41.8 Å². The number of benzene rings is 2. The zero-order chi connectivity index (χ0) is 27.5. The van der Waals surface area contributed by atoms with Gasteiger partial charge in [0.15, 0.2) is 0 Å². The number of carboxylic acids is 1. The lowest BCUT2D eigenvalue weighted by atomic mass is 10.0. The van der Waals surface area contributed by atoms with Crippen molar-refractivity contribution in [2.75, 3.05) is 7.11 Å². The predicted octanol–water partition coefficient (Wildman–Crippen LogP) is 5.36. The summed E-state index contributed by atoms with van der Waals surface area (Å²) in [5, 5.41) is 12.7. The van der Waals surface area contributed by atoms with Gasteiger partial charge in [-0.2, -0.15) is 0 Å². The van der Waals surface area contributed by atoms with Crippen molar-refractivity contribution in [1.82, 2.24) is 9.88 Å². The number of fused-ring (bicyclic) bond motifs is 1. The van der Waals surface area contributed by atoms with Crippen molar-refractivity contribution in [2.24, 2.45) is 0 Å². The average Bonchev–Trinajstić information content (AvgIpc) is 3.15. The lowest BCUT2D eigenvalue weighted by Crippen LogP contribution is -2.36. The Balaban J connectivity index is 2.10. The molecule has 0 aliphatic carbocycles. The molecule has 9 nitrogen and oxygen atoms in total. The second-order valence-corrected chi connectivity index (χ2v) is 9.01. The number of methoxy groups -OCH3 is 1. The number of esters is 1. The van der Waals surface area contributed by atoms with Gasteiger partial charge in [-0.25, -0.2) is 9.59 Å². The van der Waals surface area contributed by atoms with Crippen LogP contribution in [0.15, 0.2) is 48.5 Å². The van der Waals surface area contributed by atoms with Crippen LogP contribution in [0, 0.1) is 0 Å². The Labute approximate surface area is 209 Å². The molecule has 0 radical (unpaired) electrons. The first kappa shape index (κ1) is 27.4. The minimum Gasteiger partial charge on any atom is -0.477 e. The van der Waals surface area contributed by atoms with Gasteiger partial charge in [0.05, 0.1) is 25.1 Å². The number of alkyl halides is 3. The monoisotopic (exact) mass is 522 g/mol. The maximum atomic E-state index is 12.8. The zero-order valence-corrected chi connectivity index (χ0v) is 20.4. The van der Waals surface area contributed by atoms with Crippen LogP contribution in [0.2, 0.25) is 0 Å². The zero-order valence-electron chi connectivity index (χ0n) is 20.4. The minimum atomic E-state index is -4.94. The molecule has 1 heterocycles. The molecule has 1 atom stereocenters. The number of rotatable bonds is 7. The Hall–Kier alpha value is -4.22. The summed E-state index contributed by atoms with van der Waals surface area (Å²) in [6.07, 6.45) is -5.99. The molecule has 0 aliphatic heterocycles. The average molecular weight is 522 g/mol. The molecule has 0 aliphatic rings. The normalized spacial score (nSPS) is 12.6. The number of aromatic nitrogens is 1. The molecule has 12 heteroatoms. The molecular formula is C25H25F3N2O7. The molecule has 2 aromatic carbocycles. The number of ether oxygens (including phenoxy) is 3. The number of carbonyl (C=O) groups excluding carboxylic acids is 2. The summed E-state index contributed by atoms with van der Waals surface area (Å²) in [6, 6.07) is 10.1. The Morgan fingerprint density at radius 3 is 2.35 bits per heavy atom. The highest BCUT2D eigenvalue weighted by atomic mass is 19.4. The fourth-order valence-electron chi connectivity index (χ4n) is 3.65. The third-order valence-corrected chi connectivity index (χ3v) is 5.05. The third-order valence-electron chi connectivity index (χ3n) is 5.05. The van der Waals surface area contributed by atoms with Gasteiger partial charge in [0.1, 0.15) is 17.0 Å². The van der Waals surface area contributed by atoms with Crippen LogP contribution in [-0.4, -0.2) is 46.8 Å². The number of carbonyl (C=O) groups is 3. The van der Waals surface area contributed by atoms with Crippen molar-refractivity contribution >= 4 is 28.9 Å². The molecule has 3 aromatic rings. The van der Waals surface area contributed by atoms with Gasteiger partial charge < -0.3 is 29.2 Å². The molecule has 0 fully saturated rings. The lowest BCUT2D eigenvalue weighted by Gasteiger charge is -2.24. The van der Waals surface area contributed by atoms with Crippen LogP contribution < -0.4 is 10.1 Å². The number of hydrogen-bond acceptors (Lipinski definition) is 6. The highest BCUT2D eigenvalue weighted by Gasteiger charge is 2.31. The Bertz CT molecular complexity index is 1330. The standard InChI is InChI=1S/C25H25F3N2O7/c1-24(2,3)37-23(34)29-18(13-21(31)35-4)14-6-5-7-16(10-14)30-19-12-17(36-25(26,27)28)9-8-15(19)11-20(30)22(32)33/h5-12,18H,13H2,1-4H3,(H,29,34)(H,32,33)/t18-/m0/s1. The second-order valence-electron chi connectivity index (χ2n) is 9.01. The van der Waals surface area contributed by atoms with Crippen molar-refractivity contribution in [3.8, 4) is 11.4 Å². The van der Waals surface area contributed by atoms with E-state index in [1.807, 2.05) is 0 Å². The number of nitrogens with zero attached hydrogens (tertiary/aromatic N) is 1. The fourth-order valence-corrected chi connectivity index (χ4v) is 3.65. The first-order valence-electron chi connectivity index (χ1n) is 11.0. The van der Waals surface area contributed by atoms with Crippen LogP contribution in [0.1, 0.15) is 49.3 Å². The number of carboxylic acid groups (broad SMARTS) is 1. The highest BCUT2D eigenvalue weighted by molar-refractivity contribution is 5.96. The molecule has 0 spiro atoms. The third kappa shape index (κ3) is 7.15. The topological polar surface area (TPSA) is 116 Å². The number of alkyl carbamates (subject to hydrolysis) is 1. The quantitative estimate of drug-likeness (QED) is 0.402. The summed E-state index contributed by atoms with van der Waals surface area (Å²) in [5.41, 5.74) is -0.232. The van der Waals surface area contributed by atoms with E-state index in [-0.39, 0.29) is 23.3 Å². The number of hydrogen-bond donors (Lipinski definition) is 2. The van der Waals surface area contributed by atoms with Gasteiger partial charge in [-0.1, -0.05) is 12.1 Å². The molecule has 1 amide bonds. The van der Waals surface area contributed by atoms with E-state index in [0.29, 0.717) is 10.9 Å². The van der Waals surface area contributed by atoms with E-state index in [2.05, 4.69) is 10.1 Å². The second kappa shape index (κ2) is 10.4. The minimum absolute atomic E-state index is 0.140. The molecule has 0 bridgehead atoms. The number of halogens is 3. The molecular weight excluding hydrogens is 497 g/mol. The van der Waals surface area contributed by atoms with Gasteiger partial charge in [0.25, 0.3) is 0 Å². The molecule has 37 heavy (non-hydrogen) atoms. The van der Waals surface area contributed by atoms with Crippen LogP contribution in [0.5, 0.6) is 5.75 Å². The van der Waals surface area contributed by atoms with E-state index >= 15 is 0 Å². The molecule has 3 rings (SSSR count). The van der Waals surface area contributed by atoms with Crippen molar-refractivity contribution in [2.45, 2.75) is 45.2 Å². The van der Waals surface area contributed by atoms with Crippen LogP contribution in [0.25, 0.3) is 16.6 Å². The van der Waals surface area contributed by atoms with Crippen molar-refractivity contribution in [1.29, 1.82) is 0 Å². The van der Waals surface area contributed by atoms with Crippen LogP contribution in [0.3, 0.4) is 0 Å². The summed E-state index contributed by atoms with van der Waals surface area (Å²) in [6.45, 7) is 5.01. The van der Waals surface area contributed by atoms with Gasteiger partial charge in [-0.3, -0.25) is 4.79 Å². The molecule has 0 saturated carbocycles. The number of aromatic carboxylic acids is 1. The molecule has 0 saturated heterocycles. The van der Waals surface area contributed by atoms with Gasteiger partial charge in [0, 0.05) is 17.1 Å². The van der Waals surface area contributed by atoms with Crippen molar-refractivity contribution in [3.63, 3.8) is 0 Å². The van der Waals surface area contributed by atoms with Crippen molar-refractivity contribution in [3.05, 3.63) is 59.8 Å². The molecule has 0 unspecified atom stereocenters. The summed E-state index contributed by atoms with van der Waals surface area (Å²) in [7, 11) is 1.19. The highest BCUT2D eigenvalue weighted by Crippen LogP contribution is 2.32. The van der Waals surface area contributed by atoms with Crippen LogP contribution in [-0.2, 0) is 14.3 Å². The fraction of sp³-hybridized carbons (Fsp3) is 0.320. The summed E-state index contributed by atoms with van der Waals surface area (Å²) < 4.78 is 53.6. The van der Waals surface area contributed by atoms with Gasteiger partial charge >= 0.3 is 24.4 Å². The SMILES string of the molecule is COC(=O)C[C@H](NC(=O)OC(C)(C)C)c1cccc(-n2c(C(=O)O)cc3ccc(OC(F)(F)F)cc32)c1. The van der Waals surface area contributed by atoms with Crippen LogP contribution >= 0.6 is 0 Å². The largest absolute Gasteiger partial charge is 0.573 e. The first-order chi connectivity index (χ1) is 17.2. The van der Waals surface area contributed by atoms with E-state index in [0.717, 1.165) is 12.1 Å². The molecule has 2 N–H and O–H groups in total. The lowest BCUT2D eigenvalue weighted by molar-refractivity contribution is -0.274. The Morgan fingerprint density at radius 2 is 1.76 bits per heavy atom. The van der Waals surface area contributed by atoms with E-state index in [9.17, 15) is 32.7 Å². The number of nitrogens with one attached hydrogen (secondary N) is 1. The van der Waals surface area contributed by atoms with E-state index in [4.69, 9.17) is 9.47 Å². The van der Waals surface area contributed by atoms with Crippen LogP contribution in [0.4, 0.5) is 18.0 Å². The summed E-state index contributed by atoms with van der Waals surface area (Å²) >= 11 is 0. The maximum Gasteiger partial charge on any atom is 0.573 e. The van der Waals surface area contributed by atoms with Crippen molar-refractivity contribution < 1.29 is 46.9 Å². The van der Waals surface area contributed by atoms with E-state index in [1.165, 1.54) is 35.9 Å².